The van der Waals surface area contributed by atoms with E-state index in [4.69, 9.17) is 5.11 Å². The minimum atomic E-state index is -1.06. The Labute approximate surface area is 119 Å². The van der Waals surface area contributed by atoms with Gasteiger partial charge in [0, 0.05) is 30.7 Å². The summed E-state index contributed by atoms with van der Waals surface area (Å²) in [6.07, 6.45) is 2.66. The van der Waals surface area contributed by atoms with Crippen LogP contribution in [0.2, 0.25) is 0 Å². The minimum Gasteiger partial charge on any atom is -0.476 e. The normalized spacial score (nSPS) is 10.4. The summed E-state index contributed by atoms with van der Waals surface area (Å²) in [5, 5.41) is 17.5. The van der Waals surface area contributed by atoms with E-state index in [9.17, 15) is 9.59 Å². The van der Waals surface area contributed by atoms with Crippen molar-refractivity contribution >= 4 is 23.2 Å². The lowest BCUT2D eigenvalue weighted by Crippen LogP contribution is -2.23. The SMILES string of the molecule is Cn1nccc1CCC(=O)NCc1nc(C(=O)O)cs1. The smallest absolute Gasteiger partial charge is 0.355 e. The molecule has 0 fully saturated rings. The third-order valence-corrected chi connectivity index (χ3v) is 3.59. The van der Waals surface area contributed by atoms with E-state index in [2.05, 4.69) is 15.4 Å². The lowest BCUT2D eigenvalue weighted by atomic mass is 10.2. The van der Waals surface area contributed by atoms with Gasteiger partial charge in [-0.25, -0.2) is 9.78 Å². The fraction of sp³-hybridized carbons (Fsp3) is 0.333. The Morgan fingerprint density at radius 2 is 2.30 bits per heavy atom. The van der Waals surface area contributed by atoms with Crippen LogP contribution in [0.1, 0.15) is 27.6 Å². The summed E-state index contributed by atoms with van der Waals surface area (Å²) >= 11 is 1.22. The number of carboxylic acids is 1. The maximum absolute atomic E-state index is 11.7. The Bertz CT molecular complexity index is 620. The van der Waals surface area contributed by atoms with Crippen molar-refractivity contribution in [1.82, 2.24) is 20.1 Å². The monoisotopic (exact) mass is 294 g/mol. The summed E-state index contributed by atoms with van der Waals surface area (Å²) in [6.45, 7) is 0.252. The zero-order valence-electron chi connectivity index (χ0n) is 10.9. The highest BCUT2D eigenvalue weighted by molar-refractivity contribution is 7.09. The maximum Gasteiger partial charge on any atom is 0.355 e. The van der Waals surface area contributed by atoms with E-state index < -0.39 is 5.97 Å². The average Bonchev–Trinajstić information content (AvgIpc) is 3.03. The van der Waals surface area contributed by atoms with Crippen molar-refractivity contribution in [2.24, 2.45) is 7.05 Å². The summed E-state index contributed by atoms with van der Waals surface area (Å²) in [5.74, 6) is -1.16. The first-order valence-electron chi connectivity index (χ1n) is 5.97. The number of aromatic carboxylic acids is 1. The van der Waals surface area contributed by atoms with E-state index in [1.807, 2.05) is 13.1 Å². The van der Waals surface area contributed by atoms with Crippen molar-refractivity contribution in [2.45, 2.75) is 19.4 Å². The Morgan fingerprint density at radius 1 is 1.50 bits per heavy atom. The molecule has 0 saturated carbocycles. The number of aryl methyl sites for hydroxylation is 2. The topological polar surface area (TPSA) is 97.1 Å². The van der Waals surface area contributed by atoms with Crippen LogP contribution in [0.5, 0.6) is 0 Å². The van der Waals surface area contributed by atoms with Gasteiger partial charge in [0.2, 0.25) is 5.91 Å². The first kappa shape index (κ1) is 14.2. The molecule has 0 saturated heterocycles. The molecule has 20 heavy (non-hydrogen) atoms. The van der Waals surface area contributed by atoms with Gasteiger partial charge >= 0.3 is 5.97 Å². The van der Waals surface area contributed by atoms with Crippen LogP contribution in [0, 0.1) is 0 Å². The van der Waals surface area contributed by atoms with Gasteiger partial charge in [0.05, 0.1) is 6.54 Å². The fourth-order valence-corrected chi connectivity index (χ4v) is 2.35. The Balaban J connectivity index is 1.77. The Morgan fingerprint density at radius 3 is 2.90 bits per heavy atom. The van der Waals surface area contributed by atoms with Gasteiger partial charge in [0.25, 0.3) is 0 Å². The molecule has 2 N–H and O–H groups in total. The third kappa shape index (κ3) is 3.64. The van der Waals surface area contributed by atoms with Crippen molar-refractivity contribution in [2.75, 3.05) is 0 Å². The number of aromatic nitrogens is 3. The van der Waals surface area contributed by atoms with Gasteiger partial charge in [0.1, 0.15) is 5.01 Å². The summed E-state index contributed by atoms with van der Waals surface area (Å²) in [6, 6.07) is 1.87. The number of carbonyl (C=O) groups excluding carboxylic acids is 1. The summed E-state index contributed by atoms with van der Waals surface area (Å²) < 4.78 is 1.73. The van der Waals surface area contributed by atoms with Gasteiger partial charge in [-0.3, -0.25) is 9.48 Å². The minimum absolute atomic E-state index is 0.00846. The zero-order chi connectivity index (χ0) is 14.5. The second-order valence-corrected chi connectivity index (χ2v) is 5.10. The number of nitrogens with one attached hydrogen (secondary N) is 1. The Kier molecular flexibility index (Phi) is 4.46. The highest BCUT2D eigenvalue weighted by atomic mass is 32.1. The first-order valence-corrected chi connectivity index (χ1v) is 6.85. The predicted molar refractivity (Wildman–Crippen MR) is 72.4 cm³/mol. The highest BCUT2D eigenvalue weighted by Crippen LogP contribution is 2.09. The van der Waals surface area contributed by atoms with Crippen molar-refractivity contribution < 1.29 is 14.7 Å². The molecule has 0 aliphatic heterocycles. The molecule has 106 valence electrons. The molecule has 0 aliphatic carbocycles. The second kappa shape index (κ2) is 6.29. The van der Waals surface area contributed by atoms with Crippen LogP contribution in [0.3, 0.4) is 0 Å². The molecule has 1 amide bonds. The molecule has 0 unspecified atom stereocenters. The molecule has 0 bridgehead atoms. The highest BCUT2D eigenvalue weighted by Gasteiger charge is 2.10. The predicted octanol–water partition coefficient (Wildman–Crippen LogP) is 0.824. The van der Waals surface area contributed by atoms with Crippen LogP contribution in [0.25, 0.3) is 0 Å². The number of amides is 1. The number of hydrogen-bond acceptors (Lipinski definition) is 5. The van der Waals surface area contributed by atoms with E-state index in [1.165, 1.54) is 16.7 Å². The van der Waals surface area contributed by atoms with Crippen LogP contribution in [0.15, 0.2) is 17.6 Å². The molecule has 8 heteroatoms. The van der Waals surface area contributed by atoms with Crippen LogP contribution in [0.4, 0.5) is 0 Å². The molecule has 2 aromatic heterocycles. The van der Waals surface area contributed by atoms with E-state index in [0.717, 1.165) is 5.69 Å². The standard InChI is InChI=1S/C12H14N4O3S/c1-16-8(4-5-14-16)2-3-10(17)13-6-11-15-9(7-20-11)12(18)19/h4-5,7H,2-3,6H2,1H3,(H,13,17)(H,18,19). The van der Waals surface area contributed by atoms with Gasteiger partial charge in [-0.1, -0.05) is 0 Å². The molecule has 0 spiro atoms. The van der Waals surface area contributed by atoms with E-state index >= 15 is 0 Å². The van der Waals surface area contributed by atoms with E-state index in [1.54, 1.807) is 10.9 Å². The lowest BCUT2D eigenvalue weighted by molar-refractivity contribution is -0.121. The molecule has 0 aromatic carbocycles. The van der Waals surface area contributed by atoms with Gasteiger partial charge in [-0.15, -0.1) is 11.3 Å². The largest absolute Gasteiger partial charge is 0.476 e. The summed E-state index contributed by atoms with van der Waals surface area (Å²) in [4.78, 5) is 26.2. The number of thiazole rings is 1. The molecule has 0 radical (unpaired) electrons. The molecule has 2 aromatic rings. The van der Waals surface area contributed by atoms with Crippen LogP contribution < -0.4 is 5.32 Å². The molecular formula is C12H14N4O3S. The van der Waals surface area contributed by atoms with Crippen LogP contribution in [-0.2, 0) is 24.8 Å². The van der Waals surface area contributed by atoms with Gasteiger partial charge < -0.3 is 10.4 Å². The van der Waals surface area contributed by atoms with Crippen molar-refractivity contribution in [3.63, 3.8) is 0 Å². The molecule has 2 heterocycles. The average molecular weight is 294 g/mol. The van der Waals surface area contributed by atoms with Crippen molar-refractivity contribution in [1.29, 1.82) is 0 Å². The number of rotatable bonds is 6. The van der Waals surface area contributed by atoms with Gasteiger partial charge in [0.15, 0.2) is 5.69 Å². The van der Waals surface area contributed by atoms with Crippen molar-refractivity contribution in [3.05, 3.63) is 34.0 Å². The number of carbonyl (C=O) groups is 2. The zero-order valence-corrected chi connectivity index (χ0v) is 11.7. The second-order valence-electron chi connectivity index (χ2n) is 4.15. The Hall–Kier alpha value is -2.22. The summed E-state index contributed by atoms with van der Waals surface area (Å²) in [5.41, 5.74) is 0.997. The molecule has 7 nitrogen and oxygen atoms in total. The molecule has 2 rings (SSSR count). The maximum atomic E-state index is 11.7. The van der Waals surface area contributed by atoms with Crippen LogP contribution in [-0.4, -0.2) is 31.7 Å². The quantitative estimate of drug-likeness (QED) is 0.822. The molecular weight excluding hydrogens is 280 g/mol. The summed E-state index contributed by atoms with van der Waals surface area (Å²) in [7, 11) is 1.83. The van der Waals surface area contributed by atoms with Crippen LogP contribution >= 0.6 is 11.3 Å². The fourth-order valence-electron chi connectivity index (χ4n) is 1.64. The van der Waals surface area contributed by atoms with Gasteiger partial charge in [-0.2, -0.15) is 5.10 Å². The molecule has 0 aliphatic rings. The molecule has 0 atom stereocenters. The number of nitrogens with zero attached hydrogens (tertiary/aromatic N) is 3. The van der Waals surface area contributed by atoms with E-state index in [-0.39, 0.29) is 18.1 Å². The third-order valence-electron chi connectivity index (χ3n) is 2.74. The van der Waals surface area contributed by atoms with Gasteiger partial charge in [-0.05, 0) is 12.5 Å². The van der Waals surface area contributed by atoms with E-state index in [0.29, 0.717) is 17.8 Å². The number of carboxylic acid groups (broad SMARTS) is 1. The first-order chi connectivity index (χ1) is 9.56. The van der Waals surface area contributed by atoms with Crippen molar-refractivity contribution in [3.8, 4) is 0 Å². The number of hydrogen-bond donors (Lipinski definition) is 2. The lowest BCUT2D eigenvalue weighted by Gasteiger charge is -2.03.